The van der Waals surface area contributed by atoms with Crippen LogP contribution >= 0.6 is 0 Å². The van der Waals surface area contributed by atoms with Crippen molar-refractivity contribution < 1.29 is 24.3 Å². The number of hydrazine groups is 1. The number of amides is 3. The zero-order valence-corrected chi connectivity index (χ0v) is 17.3. The maximum Gasteiger partial charge on any atom is 0.322 e. The molecule has 3 amide bonds. The van der Waals surface area contributed by atoms with Crippen LogP contribution in [-0.2, 0) is 19.2 Å². The molecule has 0 aromatic carbocycles. The average molecular weight is 399 g/mol. The van der Waals surface area contributed by atoms with Crippen molar-refractivity contribution in [3.8, 4) is 0 Å². The number of carbonyl (C=O) groups is 4. The summed E-state index contributed by atoms with van der Waals surface area (Å²) in [6, 6.07) is -2.39. The first kappa shape index (κ1) is 23.9. The number of aliphatic carboxylic acids is 1. The average Bonchev–Trinajstić information content (AvgIpc) is 2.65. The van der Waals surface area contributed by atoms with Crippen molar-refractivity contribution in [1.82, 2.24) is 21.1 Å². The fourth-order valence-electron chi connectivity index (χ4n) is 3.04. The monoisotopic (exact) mass is 398 g/mol. The fourth-order valence-corrected chi connectivity index (χ4v) is 3.04. The van der Waals surface area contributed by atoms with E-state index < -0.39 is 35.9 Å². The van der Waals surface area contributed by atoms with Crippen molar-refractivity contribution in [2.24, 2.45) is 5.92 Å². The van der Waals surface area contributed by atoms with Gasteiger partial charge in [-0.1, -0.05) is 33.6 Å². The minimum atomic E-state index is -1.01. The van der Waals surface area contributed by atoms with Gasteiger partial charge >= 0.3 is 5.97 Å². The third-order valence-electron chi connectivity index (χ3n) is 4.75. The summed E-state index contributed by atoms with van der Waals surface area (Å²) in [6.07, 6.45) is 4.12. The van der Waals surface area contributed by atoms with Gasteiger partial charge in [-0.2, -0.15) is 0 Å². The van der Waals surface area contributed by atoms with Gasteiger partial charge in [0.25, 0.3) is 5.91 Å². The van der Waals surface area contributed by atoms with Crippen LogP contribution in [0.25, 0.3) is 0 Å². The second kappa shape index (κ2) is 11.6. The lowest BCUT2D eigenvalue weighted by Gasteiger charge is -2.34. The summed E-state index contributed by atoms with van der Waals surface area (Å²) in [5.74, 6) is -2.16. The second-order valence-corrected chi connectivity index (χ2v) is 7.63. The molecule has 0 saturated carbocycles. The molecule has 1 rings (SSSR count). The highest BCUT2D eigenvalue weighted by Gasteiger charge is 2.32. The van der Waals surface area contributed by atoms with Crippen LogP contribution in [0.3, 0.4) is 0 Å². The van der Waals surface area contributed by atoms with Gasteiger partial charge in [0.05, 0.1) is 0 Å². The summed E-state index contributed by atoms with van der Waals surface area (Å²) in [4.78, 5) is 48.4. The predicted octanol–water partition coefficient (Wildman–Crippen LogP) is 0.792. The molecule has 3 atom stereocenters. The van der Waals surface area contributed by atoms with Crippen LogP contribution in [0.15, 0.2) is 0 Å². The van der Waals surface area contributed by atoms with Crippen molar-refractivity contribution in [1.29, 1.82) is 0 Å². The maximum absolute atomic E-state index is 12.6. The first-order valence-corrected chi connectivity index (χ1v) is 10.1. The van der Waals surface area contributed by atoms with Gasteiger partial charge in [0.2, 0.25) is 11.8 Å². The molecular weight excluding hydrogens is 364 g/mol. The van der Waals surface area contributed by atoms with E-state index in [9.17, 15) is 19.2 Å². The molecular formula is C19H34N4O5. The molecule has 0 bridgehead atoms. The molecule has 1 aliphatic heterocycles. The number of unbranched alkanes of at least 4 members (excludes halogenated alkanes) is 2. The van der Waals surface area contributed by atoms with E-state index in [1.54, 1.807) is 6.92 Å². The number of nitrogens with one attached hydrogen (secondary N) is 3. The molecule has 0 aromatic heterocycles. The molecule has 9 heteroatoms. The summed E-state index contributed by atoms with van der Waals surface area (Å²) in [5, 5.41) is 15.8. The van der Waals surface area contributed by atoms with Crippen LogP contribution in [0.2, 0.25) is 0 Å². The highest BCUT2D eigenvalue weighted by molar-refractivity contribution is 5.92. The van der Waals surface area contributed by atoms with E-state index in [-0.39, 0.29) is 11.8 Å². The standard InChI is InChI=1S/C19H34N4O5/c1-5-6-7-10-15(24)21-16(12(2)3)17(25)20-13(4)18(26)23-11-8-9-14(22-23)19(27)28/h12-14,16,22H,5-11H2,1-4H3,(H,20,25)(H,21,24)(H,27,28). The molecule has 1 fully saturated rings. The van der Waals surface area contributed by atoms with E-state index in [0.29, 0.717) is 25.8 Å². The largest absolute Gasteiger partial charge is 0.480 e. The van der Waals surface area contributed by atoms with Gasteiger partial charge < -0.3 is 15.7 Å². The van der Waals surface area contributed by atoms with Gasteiger partial charge in [-0.3, -0.25) is 24.2 Å². The number of carboxylic acids is 1. The number of carbonyl (C=O) groups excluding carboxylic acids is 3. The van der Waals surface area contributed by atoms with Gasteiger partial charge in [-0.15, -0.1) is 0 Å². The number of hydrogen-bond acceptors (Lipinski definition) is 5. The van der Waals surface area contributed by atoms with E-state index in [4.69, 9.17) is 5.11 Å². The molecule has 1 aliphatic rings. The van der Waals surface area contributed by atoms with Crippen LogP contribution in [-0.4, -0.2) is 58.5 Å². The summed E-state index contributed by atoms with van der Waals surface area (Å²) in [5.41, 5.74) is 2.68. The Balaban J connectivity index is 2.62. The molecule has 0 spiro atoms. The lowest BCUT2D eigenvalue weighted by Crippen LogP contribution is -2.60. The Bertz CT molecular complexity index is 567. The van der Waals surface area contributed by atoms with Gasteiger partial charge in [-0.05, 0) is 32.1 Å². The van der Waals surface area contributed by atoms with Crippen molar-refractivity contribution in [2.75, 3.05) is 6.54 Å². The van der Waals surface area contributed by atoms with Gasteiger partial charge in [0.1, 0.15) is 18.1 Å². The summed E-state index contributed by atoms with van der Waals surface area (Å²) >= 11 is 0. The molecule has 4 N–H and O–H groups in total. The van der Waals surface area contributed by atoms with Gasteiger partial charge in [0, 0.05) is 13.0 Å². The molecule has 1 saturated heterocycles. The van der Waals surface area contributed by atoms with Crippen LogP contribution in [0.1, 0.15) is 66.2 Å². The second-order valence-electron chi connectivity index (χ2n) is 7.63. The molecule has 9 nitrogen and oxygen atoms in total. The Labute approximate surface area is 166 Å². The van der Waals surface area contributed by atoms with Crippen molar-refractivity contribution in [3.05, 3.63) is 0 Å². The number of hydrogen-bond donors (Lipinski definition) is 4. The minimum absolute atomic E-state index is 0.137. The topological polar surface area (TPSA) is 128 Å². The Kier molecular flexibility index (Phi) is 9.92. The van der Waals surface area contributed by atoms with Gasteiger partial charge in [-0.25, -0.2) is 5.43 Å². The first-order valence-electron chi connectivity index (χ1n) is 10.1. The lowest BCUT2D eigenvalue weighted by atomic mass is 10.0. The predicted molar refractivity (Wildman–Crippen MR) is 104 cm³/mol. The third-order valence-corrected chi connectivity index (χ3v) is 4.75. The van der Waals surface area contributed by atoms with Crippen LogP contribution in [0.5, 0.6) is 0 Å². The molecule has 3 unspecified atom stereocenters. The summed E-state index contributed by atoms with van der Waals surface area (Å²) in [7, 11) is 0. The number of carboxylic acid groups (broad SMARTS) is 1. The minimum Gasteiger partial charge on any atom is -0.480 e. The van der Waals surface area contributed by atoms with E-state index >= 15 is 0 Å². The van der Waals surface area contributed by atoms with Crippen LogP contribution < -0.4 is 16.1 Å². The van der Waals surface area contributed by atoms with E-state index in [0.717, 1.165) is 19.3 Å². The first-order chi connectivity index (χ1) is 13.2. The Morgan fingerprint density at radius 3 is 2.39 bits per heavy atom. The number of rotatable bonds is 10. The smallest absolute Gasteiger partial charge is 0.322 e. The molecule has 0 aliphatic carbocycles. The molecule has 0 aromatic rings. The van der Waals surface area contributed by atoms with E-state index in [1.807, 2.05) is 13.8 Å². The zero-order valence-electron chi connectivity index (χ0n) is 17.3. The van der Waals surface area contributed by atoms with Crippen molar-refractivity contribution >= 4 is 23.7 Å². The summed E-state index contributed by atoms with van der Waals surface area (Å²) < 4.78 is 0. The summed E-state index contributed by atoms with van der Waals surface area (Å²) in [6.45, 7) is 7.63. The quantitative estimate of drug-likeness (QED) is 0.403. The van der Waals surface area contributed by atoms with E-state index in [2.05, 4.69) is 23.0 Å². The normalized spacial score (nSPS) is 19.0. The Morgan fingerprint density at radius 1 is 1.14 bits per heavy atom. The molecule has 28 heavy (non-hydrogen) atoms. The Morgan fingerprint density at radius 2 is 1.82 bits per heavy atom. The Hall–Kier alpha value is -2.16. The van der Waals surface area contributed by atoms with Crippen molar-refractivity contribution in [3.63, 3.8) is 0 Å². The van der Waals surface area contributed by atoms with Crippen LogP contribution in [0, 0.1) is 5.92 Å². The zero-order chi connectivity index (χ0) is 21.3. The molecule has 0 radical (unpaired) electrons. The molecule has 1 heterocycles. The highest BCUT2D eigenvalue weighted by atomic mass is 16.4. The lowest BCUT2D eigenvalue weighted by molar-refractivity contribution is -0.148. The maximum atomic E-state index is 12.6. The fraction of sp³-hybridized carbons (Fsp3) is 0.789. The van der Waals surface area contributed by atoms with E-state index in [1.165, 1.54) is 5.01 Å². The van der Waals surface area contributed by atoms with Gasteiger partial charge in [0.15, 0.2) is 0 Å². The highest BCUT2D eigenvalue weighted by Crippen LogP contribution is 2.10. The number of nitrogens with zero attached hydrogens (tertiary/aromatic N) is 1. The SMILES string of the molecule is CCCCCC(=O)NC(C(=O)NC(C)C(=O)N1CCCC(C(=O)O)N1)C(C)C. The van der Waals surface area contributed by atoms with Crippen LogP contribution in [0.4, 0.5) is 0 Å². The molecule has 160 valence electrons. The van der Waals surface area contributed by atoms with Crippen molar-refractivity contribution in [2.45, 2.75) is 84.3 Å². The third kappa shape index (κ3) is 7.46.